The fourth-order valence-corrected chi connectivity index (χ4v) is 5.37. The summed E-state index contributed by atoms with van der Waals surface area (Å²) in [5.74, 6) is 0.808. The minimum absolute atomic E-state index is 0.108. The number of hydrogen-bond acceptors (Lipinski definition) is 5. The Morgan fingerprint density at radius 2 is 1.43 bits per heavy atom. The lowest BCUT2D eigenvalue weighted by Crippen LogP contribution is -2.24. The Hall–Kier alpha value is -4.33. The normalized spacial score (nSPS) is 11.4. The van der Waals surface area contributed by atoms with E-state index in [0.29, 0.717) is 18.7 Å². The Bertz CT molecular complexity index is 1540. The topological polar surface area (TPSA) is 77.2 Å². The number of aromatic nitrogens is 3. The fourth-order valence-electron chi connectivity index (χ4n) is 5.37. The second-order valence-corrected chi connectivity index (χ2v) is 10.8. The summed E-state index contributed by atoms with van der Waals surface area (Å²) in [4.78, 5) is 30.0. The Labute approximate surface area is 248 Å². The predicted molar refractivity (Wildman–Crippen MR) is 170 cm³/mol. The number of benzene rings is 3. The molecule has 5 aromatic rings. The number of imidazole rings is 1. The number of nitrogens with zero attached hydrogens (tertiary/aromatic N) is 4. The highest BCUT2D eigenvalue weighted by molar-refractivity contribution is 6.04. The van der Waals surface area contributed by atoms with Crippen molar-refractivity contribution in [3.05, 3.63) is 126 Å². The number of rotatable bonds is 14. The van der Waals surface area contributed by atoms with Gasteiger partial charge < -0.3 is 10.3 Å². The van der Waals surface area contributed by atoms with Gasteiger partial charge in [0.05, 0.1) is 12.1 Å². The van der Waals surface area contributed by atoms with Crippen molar-refractivity contribution < 1.29 is 4.79 Å². The van der Waals surface area contributed by atoms with E-state index in [1.807, 2.05) is 60.9 Å². The number of carbonyl (C=O) groups is 1. The van der Waals surface area contributed by atoms with Crippen LogP contribution in [0.15, 0.2) is 97.5 Å². The van der Waals surface area contributed by atoms with E-state index >= 15 is 0 Å². The molecule has 3 aromatic carbocycles. The van der Waals surface area contributed by atoms with Crippen molar-refractivity contribution in [2.45, 2.75) is 52.9 Å². The highest BCUT2D eigenvalue weighted by atomic mass is 16.1. The monoisotopic (exact) mass is 560 g/mol. The van der Waals surface area contributed by atoms with Gasteiger partial charge in [0, 0.05) is 54.9 Å². The smallest absolute Gasteiger partial charge is 0.255 e. The molecule has 2 heterocycles. The Morgan fingerprint density at radius 1 is 0.738 bits per heavy atom. The summed E-state index contributed by atoms with van der Waals surface area (Å²) in [7, 11) is 0. The lowest BCUT2D eigenvalue weighted by molar-refractivity contribution is 0.102. The van der Waals surface area contributed by atoms with Crippen LogP contribution in [0.1, 0.15) is 59.6 Å². The van der Waals surface area contributed by atoms with Crippen molar-refractivity contribution in [1.82, 2.24) is 24.8 Å². The molecule has 1 amide bonds. The Morgan fingerprint density at radius 3 is 2.12 bits per heavy atom. The standard InChI is InChI=1S/C35H40N6O/c1-3-21-40(22-4-2)23-28-11-15-31(16-12-28)39-35(42)29-13-9-27(10-14-29)24-41(26-34-37-19-20-38-34)25-30-17-18-36-33-8-6-5-7-32(30)33/h5-20H,3-4,21-26H2,1-2H3,(H,37,38)(H,39,42). The van der Waals surface area contributed by atoms with Gasteiger partial charge in [-0.3, -0.25) is 19.6 Å². The number of amides is 1. The summed E-state index contributed by atoms with van der Waals surface area (Å²) in [6.07, 6.45) is 7.80. The maximum Gasteiger partial charge on any atom is 0.255 e. The molecule has 5 rings (SSSR count). The average molecular weight is 561 g/mol. The van der Waals surface area contributed by atoms with Crippen molar-refractivity contribution in [2.75, 3.05) is 18.4 Å². The quantitative estimate of drug-likeness (QED) is 0.152. The lowest BCUT2D eigenvalue weighted by Gasteiger charge is -2.22. The largest absolute Gasteiger partial charge is 0.348 e. The molecule has 7 heteroatoms. The first-order chi connectivity index (χ1) is 20.6. The van der Waals surface area contributed by atoms with Crippen molar-refractivity contribution in [2.24, 2.45) is 0 Å². The molecule has 0 aliphatic rings. The van der Waals surface area contributed by atoms with Crippen LogP contribution in [0.25, 0.3) is 10.9 Å². The summed E-state index contributed by atoms with van der Waals surface area (Å²) >= 11 is 0. The molecule has 0 saturated heterocycles. The van der Waals surface area contributed by atoms with Gasteiger partial charge in [-0.25, -0.2) is 4.98 Å². The van der Waals surface area contributed by atoms with E-state index in [4.69, 9.17) is 0 Å². The van der Waals surface area contributed by atoms with Crippen LogP contribution in [0.2, 0.25) is 0 Å². The molecule has 0 aliphatic heterocycles. The number of para-hydroxylation sites is 1. The number of hydrogen-bond donors (Lipinski definition) is 2. The molecule has 42 heavy (non-hydrogen) atoms. The number of H-pyrrole nitrogens is 1. The SMILES string of the molecule is CCCN(CCC)Cc1ccc(NC(=O)c2ccc(CN(Cc3ncc[nH]3)Cc3ccnc4ccccc34)cc2)cc1. The van der Waals surface area contributed by atoms with Crippen LogP contribution in [0.3, 0.4) is 0 Å². The van der Waals surface area contributed by atoms with Gasteiger partial charge >= 0.3 is 0 Å². The molecule has 0 fully saturated rings. The van der Waals surface area contributed by atoms with Crippen LogP contribution in [0.5, 0.6) is 0 Å². The molecular weight excluding hydrogens is 520 g/mol. The van der Waals surface area contributed by atoms with Gasteiger partial charge in [-0.2, -0.15) is 0 Å². The van der Waals surface area contributed by atoms with Gasteiger partial charge in [-0.1, -0.05) is 56.3 Å². The van der Waals surface area contributed by atoms with Crippen LogP contribution in [0.4, 0.5) is 5.69 Å². The zero-order chi connectivity index (χ0) is 29.1. The van der Waals surface area contributed by atoms with Gasteiger partial charge in [0.25, 0.3) is 5.91 Å². The molecule has 0 unspecified atom stereocenters. The zero-order valence-electron chi connectivity index (χ0n) is 24.6. The molecule has 0 aliphatic carbocycles. The van der Waals surface area contributed by atoms with E-state index in [0.717, 1.165) is 67.0 Å². The van der Waals surface area contributed by atoms with Crippen LogP contribution in [-0.2, 0) is 26.2 Å². The van der Waals surface area contributed by atoms with E-state index in [1.54, 1.807) is 6.20 Å². The second-order valence-electron chi connectivity index (χ2n) is 10.8. The van der Waals surface area contributed by atoms with Gasteiger partial charge in [0.15, 0.2) is 0 Å². The second kappa shape index (κ2) is 14.5. The third kappa shape index (κ3) is 7.90. The number of anilines is 1. The highest BCUT2D eigenvalue weighted by Gasteiger charge is 2.13. The zero-order valence-corrected chi connectivity index (χ0v) is 24.6. The Balaban J connectivity index is 1.23. The van der Waals surface area contributed by atoms with E-state index in [2.05, 4.69) is 74.2 Å². The van der Waals surface area contributed by atoms with Gasteiger partial charge in [-0.05, 0) is 79.0 Å². The molecular formula is C35H40N6O. The molecule has 2 aromatic heterocycles. The van der Waals surface area contributed by atoms with Crippen LogP contribution < -0.4 is 5.32 Å². The van der Waals surface area contributed by atoms with Crippen molar-refractivity contribution in [3.8, 4) is 0 Å². The number of carbonyl (C=O) groups excluding carboxylic acids is 1. The minimum atomic E-state index is -0.108. The average Bonchev–Trinajstić information content (AvgIpc) is 3.52. The summed E-state index contributed by atoms with van der Waals surface area (Å²) in [5.41, 5.74) is 6.05. The molecule has 0 bridgehead atoms. The fraction of sp³-hybridized carbons (Fsp3) is 0.286. The third-order valence-corrected chi connectivity index (χ3v) is 7.38. The van der Waals surface area contributed by atoms with Crippen LogP contribution in [-0.4, -0.2) is 43.7 Å². The molecule has 7 nitrogen and oxygen atoms in total. The van der Waals surface area contributed by atoms with E-state index < -0.39 is 0 Å². The van der Waals surface area contributed by atoms with E-state index in [-0.39, 0.29) is 5.91 Å². The third-order valence-electron chi connectivity index (χ3n) is 7.38. The van der Waals surface area contributed by atoms with Crippen molar-refractivity contribution in [3.63, 3.8) is 0 Å². The first-order valence-electron chi connectivity index (χ1n) is 14.9. The van der Waals surface area contributed by atoms with E-state index in [1.165, 1.54) is 11.1 Å². The number of pyridine rings is 1. The van der Waals surface area contributed by atoms with Crippen LogP contribution in [0, 0.1) is 0 Å². The minimum Gasteiger partial charge on any atom is -0.348 e. The first kappa shape index (κ1) is 29.2. The van der Waals surface area contributed by atoms with Crippen molar-refractivity contribution >= 4 is 22.5 Å². The number of nitrogens with one attached hydrogen (secondary N) is 2. The number of aromatic amines is 1. The van der Waals surface area contributed by atoms with Gasteiger partial charge in [0.1, 0.15) is 5.82 Å². The highest BCUT2D eigenvalue weighted by Crippen LogP contribution is 2.21. The van der Waals surface area contributed by atoms with Crippen LogP contribution >= 0.6 is 0 Å². The summed E-state index contributed by atoms with van der Waals surface area (Å²) in [6, 6.07) is 26.4. The van der Waals surface area contributed by atoms with Gasteiger partial charge in [-0.15, -0.1) is 0 Å². The maximum atomic E-state index is 13.0. The lowest BCUT2D eigenvalue weighted by atomic mass is 10.1. The summed E-state index contributed by atoms with van der Waals surface area (Å²) in [6.45, 7) is 9.71. The number of fused-ring (bicyclic) bond motifs is 1. The van der Waals surface area contributed by atoms with Crippen molar-refractivity contribution in [1.29, 1.82) is 0 Å². The first-order valence-corrected chi connectivity index (χ1v) is 14.9. The molecule has 2 N–H and O–H groups in total. The summed E-state index contributed by atoms with van der Waals surface area (Å²) in [5, 5.41) is 4.20. The molecule has 0 spiro atoms. The van der Waals surface area contributed by atoms with E-state index in [9.17, 15) is 4.79 Å². The predicted octanol–water partition coefficient (Wildman–Crippen LogP) is 7.03. The molecule has 0 atom stereocenters. The summed E-state index contributed by atoms with van der Waals surface area (Å²) < 4.78 is 0. The van der Waals surface area contributed by atoms with Gasteiger partial charge in [0.2, 0.25) is 0 Å². The Kier molecular flexibility index (Phi) is 10.1. The molecule has 216 valence electrons. The molecule has 0 saturated carbocycles. The molecule has 0 radical (unpaired) electrons. The maximum absolute atomic E-state index is 13.0.